The van der Waals surface area contributed by atoms with Crippen LogP contribution in [0.2, 0.25) is 0 Å². The van der Waals surface area contributed by atoms with E-state index in [1.807, 2.05) is 48.5 Å². The third-order valence-corrected chi connectivity index (χ3v) is 5.44. The number of amides is 1. The zero-order chi connectivity index (χ0) is 21.5. The predicted octanol–water partition coefficient (Wildman–Crippen LogP) is 3.39. The lowest BCUT2D eigenvalue weighted by Crippen LogP contribution is -2.28. The summed E-state index contributed by atoms with van der Waals surface area (Å²) in [4.78, 5) is 31.0. The Morgan fingerprint density at radius 3 is 2.07 bits per heavy atom. The SMILES string of the molecule is COC(=O)/C=C1/SC(=NCc2ccc(OC)cc2)N(Cc2ccc(OC)cc2)C1=O. The molecule has 0 aliphatic carbocycles. The number of carbonyl (C=O) groups excluding carboxylic acids is 2. The number of esters is 1. The van der Waals surface area contributed by atoms with Crippen molar-refractivity contribution >= 4 is 28.8 Å². The molecule has 1 amide bonds. The van der Waals surface area contributed by atoms with Gasteiger partial charge in [0.25, 0.3) is 5.91 Å². The van der Waals surface area contributed by atoms with Crippen molar-refractivity contribution < 1.29 is 23.8 Å². The first-order valence-corrected chi connectivity index (χ1v) is 9.95. The van der Waals surface area contributed by atoms with Crippen LogP contribution in [-0.4, -0.2) is 43.3 Å². The third kappa shape index (κ3) is 5.21. The second-order valence-corrected chi connectivity index (χ2v) is 7.33. The van der Waals surface area contributed by atoms with Crippen LogP contribution in [0.1, 0.15) is 11.1 Å². The highest BCUT2D eigenvalue weighted by atomic mass is 32.2. The van der Waals surface area contributed by atoms with E-state index >= 15 is 0 Å². The van der Waals surface area contributed by atoms with Crippen LogP contribution in [0.4, 0.5) is 0 Å². The van der Waals surface area contributed by atoms with E-state index in [1.165, 1.54) is 13.2 Å². The van der Waals surface area contributed by atoms with Gasteiger partial charge in [-0.25, -0.2) is 4.79 Å². The molecule has 1 aliphatic rings. The summed E-state index contributed by atoms with van der Waals surface area (Å²) >= 11 is 1.16. The minimum absolute atomic E-state index is 0.281. The first-order chi connectivity index (χ1) is 14.5. The monoisotopic (exact) mass is 426 g/mol. The van der Waals surface area contributed by atoms with E-state index in [9.17, 15) is 9.59 Å². The lowest BCUT2D eigenvalue weighted by atomic mass is 10.2. The minimum atomic E-state index is -0.577. The topological polar surface area (TPSA) is 77.4 Å². The highest BCUT2D eigenvalue weighted by Gasteiger charge is 2.34. The molecule has 0 aromatic heterocycles. The van der Waals surface area contributed by atoms with Crippen LogP contribution in [-0.2, 0) is 27.4 Å². The first-order valence-electron chi connectivity index (χ1n) is 9.13. The number of aliphatic imine (C=N–C) groups is 1. The number of methoxy groups -OCH3 is 3. The first kappa shape index (κ1) is 21.4. The Hall–Kier alpha value is -3.26. The van der Waals surface area contributed by atoms with Gasteiger partial charge in [0.2, 0.25) is 0 Å². The molecule has 0 unspecified atom stereocenters. The summed E-state index contributed by atoms with van der Waals surface area (Å²) in [5.41, 5.74) is 1.90. The Balaban J connectivity index is 1.84. The molecule has 2 aromatic rings. The van der Waals surface area contributed by atoms with Gasteiger partial charge in [0.15, 0.2) is 5.17 Å². The number of rotatable bonds is 7. The number of nitrogens with zero attached hydrogens (tertiary/aromatic N) is 2. The second-order valence-electron chi connectivity index (χ2n) is 6.32. The third-order valence-electron chi connectivity index (χ3n) is 4.39. The van der Waals surface area contributed by atoms with Crippen LogP contribution in [0, 0.1) is 0 Å². The van der Waals surface area contributed by atoms with E-state index in [1.54, 1.807) is 19.1 Å². The maximum atomic E-state index is 12.9. The average Bonchev–Trinajstić information content (AvgIpc) is 3.07. The molecule has 0 saturated carbocycles. The summed E-state index contributed by atoms with van der Waals surface area (Å²) in [6.45, 7) is 0.722. The Kier molecular flexibility index (Phi) is 7.13. The van der Waals surface area contributed by atoms with Crippen LogP contribution >= 0.6 is 11.8 Å². The van der Waals surface area contributed by atoms with E-state index in [2.05, 4.69) is 9.73 Å². The van der Waals surface area contributed by atoms with Gasteiger partial charge in [0, 0.05) is 6.08 Å². The van der Waals surface area contributed by atoms with Gasteiger partial charge in [0.1, 0.15) is 11.5 Å². The number of hydrogen-bond donors (Lipinski definition) is 0. The molecule has 8 heteroatoms. The van der Waals surface area contributed by atoms with Gasteiger partial charge in [-0.15, -0.1) is 0 Å². The number of thioether (sulfide) groups is 1. The lowest BCUT2D eigenvalue weighted by molar-refractivity contribution is -0.135. The molecule has 1 heterocycles. The van der Waals surface area contributed by atoms with Crippen LogP contribution in [0.15, 0.2) is 64.5 Å². The highest BCUT2D eigenvalue weighted by Crippen LogP contribution is 2.32. The molecule has 0 N–H and O–H groups in total. The van der Waals surface area contributed by atoms with Crippen molar-refractivity contribution in [2.24, 2.45) is 4.99 Å². The van der Waals surface area contributed by atoms with Crippen molar-refractivity contribution in [3.8, 4) is 11.5 Å². The van der Waals surface area contributed by atoms with Crippen LogP contribution in [0.25, 0.3) is 0 Å². The van der Waals surface area contributed by atoms with Crippen molar-refractivity contribution in [3.05, 3.63) is 70.6 Å². The van der Waals surface area contributed by atoms with Gasteiger partial charge in [0.05, 0.1) is 39.3 Å². The van der Waals surface area contributed by atoms with E-state index in [4.69, 9.17) is 9.47 Å². The Labute approximate surface area is 179 Å². The summed E-state index contributed by atoms with van der Waals surface area (Å²) in [6.07, 6.45) is 1.20. The lowest BCUT2D eigenvalue weighted by Gasteiger charge is -2.16. The number of amidine groups is 1. The molecule has 7 nitrogen and oxygen atoms in total. The fourth-order valence-electron chi connectivity index (χ4n) is 2.73. The van der Waals surface area contributed by atoms with Crippen LogP contribution < -0.4 is 9.47 Å². The molecule has 1 aliphatic heterocycles. The fraction of sp³-hybridized carbons (Fsp3) is 0.227. The highest BCUT2D eigenvalue weighted by molar-refractivity contribution is 8.18. The summed E-state index contributed by atoms with van der Waals surface area (Å²) in [5.74, 6) is 0.642. The standard InChI is InChI=1S/C22H22N2O5S/c1-27-17-8-4-15(5-9-17)13-23-22-24(14-16-6-10-18(28-2)11-7-16)21(26)19(30-22)12-20(25)29-3/h4-12H,13-14H2,1-3H3/b19-12+,23-22?. The summed E-state index contributed by atoms with van der Waals surface area (Å²) in [5, 5.41) is 0.529. The molecule has 0 radical (unpaired) electrons. The van der Waals surface area contributed by atoms with Gasteiger partial charge in [-0.2, -0.15) is 0 Å². The summed E-state index contributed by atoms with van der Waals surface area (Å²) < 4.78 is 15.0. The van der Waals surface area contributed by atoms with Crippen molar-refractivity contribution in [1.82, 2.24) is 4.90 Å². The maximum Gasteiger partial charge on any atom is 0.331 e. The predicted molar refractivity (Wildman–Crippen MR) is 115 cm³/mol. The van der Waals surface area contributed by atoms with Gasteiger partial charge < -0.3 is 14.2 Å². The molecule has 2 aromatic carbocycles. The van der Waals surface area contributed by atoms with Gasteiger partial charge in [-0.3, -0.25) is 14.7 Å². The average molecular weight is 426 g/mol. The van der Waals surface area contributed by atoms with Crippen molar-refractivity contribution in [2.45, 2.75) is 13.1 Å². The molecule has 3 rings (SSSR count). The van der Waals surface area contributed by atoms with E-state index in [0.717, 1.165) is 34.4 Å². The Bertz CT molecular complexity index is 968. The van der Waals surface area contributed by atoms with Crippen molar-refractivity contribution in [1.29, 1.82) is 0 Å². The normalized spacial score (nSPS) is 16.2. The van der Waals surface area contributed by atoms with E-state index in [0.29, 0.717) is 18.3 Å². The van der Waals surface area contributed by atoms with Crippen molar-refractivity contribution in [2.75, 3.05) is 21.3 Å². The molecular formula is C22H22N2O5S. The zero-order valence-corrected chi connectivity index (χ0v) is 17.8. The molecule has 0 bridgehead atoms. The van der Waals surface area contributed by atoms with Gasteiger partial charge in [-0.05, 0) is 47.2 Å². The quantitative estimate of drug-likeness (QED) is 0.499. The Morgan fingerprint density at radius 1 is 0.967 bits per heavy atom. The second kappa shape index (κ2) is 9.98. The van der Waals surface area contributed by atoms with E-state index in [-0.39, 0.29) is 10.8 Å². The number of benzene rings is 2. The van der Waals surface area contributed by atoms with Crippen molar-refractivity contribution in [3.63, 3.8) is 0 Å². The molecule has 1 fully saturated rings. The molecule has 0 atom stereocenters. The smallest absolute Gasteiger partial charge is 0.331 e. The van der Waals surface area contributed by atoms with Crippen LogP contribution in [0.5, 0.6) is 11.5 Å². The van der Waals surface area contributed by atoms with Crippen LogP contribution in [0.3, 0.4) is 0 Å². The maximum absolute atomic E-state index is 12.9. The molecular weight excluding hydrogens is 404 g/mol. The molecule has 0 spiro atoms. The summed E-state index contributed by atoms with van der Waals surface area (Å²) in [7, 11) is 4.49. The minimum Gasteiger partial charge on any atom is -0.497 e. The van der Waals surface area contributed by atoms with Gasteiger partial charge >= 0.3 is 5.97 Å². The largest absolute Gasteiger partial charge is 0.497 e. The summed E-state index contributed by atoms with van der Waals surface area (Å²) in [6, 6.07) is 15.0. The number of ether oxygens (including phenoxy) is 3. The number of carbonyl (C=O) groups is 2. The molecule has 1 saturated heterocycles. The number of hydrogen-bond acceptors (Lipinski definition) is 7. The Morgan fingerprint density at radius 2 is 1.53 bits per heavy atom. The molecule has 30 heavy (non-hydrogen) atoms. The zero-order valence-electron chi connectivity index (χ0n) is 17.0. The van der Waals surface area contributed by atoms with E-state index < -0.39 is 5.97 Å². The van der Waals surface area contributed by atoms with Gasteiger partial charge in [-0.1, -0.05) is 24.3 Å². The molecule has 156 valence electrons. The fourth-order valence-corrected chi connectivity index (χ4v) is 3.67.